The summed E-state index contributed by atoms with van der Waals surface area (Å²) in [7, 11) is 1.65. The minimum atomic E-state index is -0.0556. The monoisotopic (exact) mass is 240 g/mol. The van der Waals surface area contributed by atoms with Crippen LogP contribution in [0.1, 0.15) is 25.6 Å². The molecule has 90 valence electrons. The number of nitrogens with two attached hydrogens (primary N) is 1. The van der Waals surface area contributed by atoms with Gasteiger partial charge in [-0.2, -0.15) is 11.8 Å². The summed E-state index contributed by atoms with van der Waals surface area (Å²) >= 11 is 1.86. The van der Waals surface area contributed by atoms with Crippen molar-refractivity contribution in [2.75, 3.05) is 18.6 Å². The van der Waals surface area contributed by atoms with E-state index in [1.165, 1.54) is 0 Å². The van der Waals surface area contributed by atoms with Crippen LogP contribution in [-0.4, -0.2) is 23.6 Å². The van der Waals surface area contributed by atoms with Gasteiger partial charge in [0.1, 0.15) is 5.75 Å². The molecule has 0 fully saturated rings. The first-order valence-electron chi connectivity index (χ1n) is 5.47. The summed E-state index contributed by atoms with van der Waals surface area (Å²) in [6.45, 7) is 4.42. The highest BCUT2D eigenvalue weighted by molar-refractivity contribution is 7.99. The maximum atomic E-state index is 6.09. The molecule has 0 aliphatic heterocycles. The number of thioether (sulfide) groups is 1. The second-order valence-electron chi connectivity index (χ2n) is 4.13. The summed E-state index contributed by atoms with van der Waals surface area (Å²) in [6, 6.07) is 3.70. The first-order chi connectivity index (χ1) is 7.65. The third kappa shape index (κ3) is 4.02. The fraction of sp³-hybridized carbons (Fsp3) is 0.583. The average molecular weight is 240 g/mol. The van der Waals surface area contributed by atoms with Crippen LogP contribution in [0, 0.1) is 5.92 Å². The largest absolute Gasteiger partial charge is 0.495 e. The molecule has 1 unspecified atom stereocenters. The van der Waals surface area contributed by atoms with Crippen molar-refractivity contribution in [1.82, 2.24) is 4.98 Å². The fourth-order valence-electron chi connectivity index (χ4n) is 1.36. The van der Waals surface area contributed by atoms with Gasteiger partial charge in [0.05, 0.1) is 18.8 Å². The summed E-state index contributed by atoms with van der Waals surface area (Å²) in [6.07, 6.45) is 1.75. The van der Waals surface area contributed by atoms with Crippen molar-refractivity contribution in [3.05, 3.63) is 24.0 Å². The van der Waals surface area contributed by atoms with Crippen molar-refractivity contribution in [3.8, 4) is 5.75 Å². The van der Waals surface area contributed by atoms with E-state index in [2.05, 4.69) is 18.8 Å². The van der Waals surface area contributed by atoms with Crippen molar-refractivity contribution in [3.63, 3.8) is 0 Å². The van der Waals surface area contributed by atoms with E-state index in [1.54, 1.807) is 13.3 Å². The Morgan fingerprint density at radius 3 is 2.81 bits per heavy atom. The summed E-state index contributed by atoms with van der Waals surface area (Å²) in [5, 5.41) is 0. The highest BCUT2D eigenvalue weighted by atomic mass is 32.2. The third-order valence-corrected chi connectivity index (χ3v) is 3.62. The van der Waals surface area contributed by atoms with Gasteiger partial charge in [-0.25, -0.2) is 0 Å². The van der Waals surface area contributed by atoms with E-state index in [0.29, 0.717) is 5.92 Å². The zero-order valence-electron chi connectivity index (χ0n) is 10.1. The lowest BCUT2D eigenvalue weighted by atomic mass is 10.2. The van der Waals surface area contributed by atoms with Crippen molar-refractivity contribution >= 4 is 11.8 Å². The Hall–Kier alpha value is -0.740. The Balaban J connectivity index is 2.55. The van der Waals surface area contributed by atoms with Crippen LogP contribution in [0.4, 0.5) is 0 Å². The van der Waals surface area contributed by atoms with Crippen LogP contribution < -0.4 is 10.5 Å². The van der Waals surface area contributed by atoms with E-state index in [-0.39, 0.29) is 6.04 Å². The highest BCUT2D eigenvalue weighted by Crippen LogP contribution is 2.23. The van der Waals surface area contributed by atoms with E-state index in [9.17, 15) is 0 Å². The molecule has 3 nitrogen and oxygen atoms in total. The summed E-state index contributed by atoms with van der Waals surface area (Å²) in [5.41, 5.74) is 6.94. The van der Waals surface area contributed by atoms with Gasteiger partial charge in [-0.3, -0.25) is 4.98 Å². The lowest BCUT2D eigenvalue weighted by molar-refractivity contribution is 0.404. The molecule has 0 bridgehead atoms. The SMILES string of the molecule is COc1cccnc1C(N)CSCC(C)C. The molecule has 1 heterocycles. The molecule has 0 spiro atoms. The maximum absolute atomic E-state index is 6.09. The van der Waals surface area contributed by atoms with E-state index in [4.69, 9.17) is 10.5 Å². The number of methoxy groups -OCH3 is 1. The average Bonchev–Trinajstić information content (AvgIpc) is 2.28. The predicted molar refractivity (Wildman–Crippen MR) is 69.9 cm³/mol. The van der Waals surface area contributed by atoms with E-state index < -0.39 is 0 Å². The summed E-state index contributed by atoms with van der Waals surface area (Å²) < 4.78 is 5.24. The molecular weight excluding hydrogens is 220 g/mol. The van der Waals surface area contributed by atoms with Gasteiger partial charge < -0.3 is 10.5 Å². The molecule has 1 aromatic rings. The Bertz CT molecular complexity index is 318. The smallest absolute Gasteiger partial charge is 0.142 e. The number of hydrogen-bond acceptors (Lipinski definition) is 4. The third-order valence-electron chi connectivity index (χ3n) is 2.12. The topological polar surface area (TPSA) is 48.1 Å². The molecule has 0 aromatic carbocycles. The molecule has 0 radical (unpaired) electrons. The van der Waals surface area contributed by atoms with Crippen molar-refractivity contribution in [2.24, 2.45) is 11.7 Å². The molecule has 0 aliphatic carbocycles. The predicted octanol–water partition coefficient (Wildman–Crippen LogP) is 2.48. The van der Waals surface area contributed by atoms with Gasteiger partial charge in [0.2, 0.25) is 0 Å². The number of pyridine rings is 1. The Kier molecular flexibility index (Phi) is 5.63. The molecule has 1 atom stereocenters. The van der Waals surface area contributed by atoms with Crippen LogP contribution in [0.3, 0.4) is 0 Å². The highest BCUT2D eigenvalue weighted by Gasteiger charge is 2.13. The molecule has 2 N–H and O–H groups in total. The van der Waals surface area contributed by atoms with Crippen LogP contribution >= 0.6 is 11.8 Å². The first-order valence-corrected chi connectivity index (χ1v) is 6.62. The normalized spacial score (nSPS) is 12.8. The molecular formula is C12H20N2OS. The van der Waals surface area contributed by atoms with Gasteiger partial charge in [-0.1, -0.05) is 13.8 Å². The minimum absolute atomic E-state index is 0.0556. The Labute approximate surface area is 102 Å². The van der Waals surface area contributed by atoms with Gasteiger partial charge in [0.25, 0.3) is 0 Å². The van der Waals surface area contributed by atoms with Crippen LogP contribution in [0.25, 0.3) is 0 Å². The zero-order chi connectivity index (χ0) is 12.0. The summed E-state index contributed by atoms with van der Waals surface area (Å²) in [5.74, 6) is 3.48. The molecule has 0 saturated carbocycles. The van der Waals surface area contributed by atoms with E-state index in [1.807, 2.05) is 23.9 Å². The number of ether oxygens (including phenoxy) is 1. The van der Waals surface area contributed by atoms with Crippen molar-refractivity contribution in [2.45, 2.75) is 19.9 Å². The Morgan fingerprint density at radius 1 is 1.44 bits per heavy atom. The van der Waals surface area contributed by atoms with Crippen LogP contribution in [0.5, 0.6) is 5.75 Å². The lowest BCUT2D eigenvalue weighted by Gasteiger charge is -2.14. The second kappa shape index (κ2) is 6.76. The van der Waals surface area contributed by atoms with Gasteiger partial charge in [-0.05, 0) is 23.8 Å². The van der Waals surface area contributed by atoms with Gasteiger partial charge in [0, 0.05) is 11.9 Å². The zero-order valence-corrected chi connectivity index (χ0v) is 11.0. The van der Waals surface area contributed by atoms with Gasteiger partial charge >= 0.3 is 0 Å². The number of nitrogens with zero attached hydrogens (tertiary/aromatic N) is 1. The van der Waals surface area contributed by atoms with Crippen molar-refractivity contribution in [1.29, 1.82) is 0 Å². The fourth-order valence-corrected chi connectivity index (χ4v) is 2.38. The molecule has 0 amide bonds. The first kappa shape index (κ1) is 13.3. The molecule has 1 rings (SSSR count). The molecule has 1 aromatic heterocycles. The van der Waals surface area contributed by atoms with E-state index in [0.717, 1.165) is 22.9 Å². The standard InChI is InChI=1S/C12H20N2OS/c1-9(2)7-16-8-10(13)12-11(15-3)5-4-6-14-12/h4-6,9-10H,7-8,13H2,1-3H3. The molecule has 4 heteroatoms. The van der Waals surface area contributed by atoms with Crippen molar-refractivity contribution < 1.29 is 4.74 Å². The van der Waals surface area contributed by atoms with Crippen LogP contribution in [-0.2, 0) is 0 Å². The quantitative estimate of drug-likeness (QED) is 0.830. The maximum Gasteiger partial charge on any atom is 0.142 e. The van der Waals surface area contributed by atoms with Crippen LogP contribution in [0.2, 0.25) is 0 Å². The second-order valence-corrected chi connectivity index (χ2v) is 5.20. The van der Waals surface area contributed by atoms with E-state index >= 15 is 0 Å². The van der Waals surface area contributed by atoms with Gasteiger partial charge in [-0.15, -0.1) is 0 Å². The van der Waals surface area contributed by atoms with Crippen LogP contribution in [0.15, 0.2) is 18.3 Å². The minimum Gasteiger partial charge on any atom is -0.495 e. The molecule has 0 aliphatic rings. The number of rotatable bonds is 6. The number of hydrogen-bond donors (Lipinski definition) is 1. The number of aromatic nitrogens is 1. The molecule has 0 saturated heterocycles. The summed E-state index contributed by atoms with van der Waals surface area (Å²) in [4.78, 5) is 4.28. The molecule has 16 heavy (non-hydrogen) atoms. The Morgan fingerprint density at radius 2 is 2.19 bits per heavy atom. The van der Waals surface area contributed by atoms with Gasteiger partial charge in [0.15, 0.2) is 0 Å². The lowest BCUT2D eigenvalue weighted by Crippen LogP contribution is -2.16.